The molecule has 2 aromatic rings. The molecule has 24 heavy (non-hydrogen) atoms. The van der Waals surface area contributed by atoms with E-state index in [1.165, 1.54) is 6.92 Å². The molecule has 4 nitrogen and oxygen atoms in total. The highest BCUT2D eigenvalue weighted by Crippen LogP contribution is 2.19. The molecule has 0 unspecified atom stereocenters. The normalized spacial score (nSPS) is 10.3. The van der Waals surface area contributed by atoms with Crippen LogP contribution in [0.4, 0.5) is 11.4 Å². The van der Waals surface area contributed by atoms with E-state index in [4.69, 9.17) is 0 Å². The number of halogens is 1. The molecule has 0 aliphatic rings. The second kappa shape index (κ2) is 8.11. The van der Waals surface area contributed by atoms with E-state index in [9.17, 15) is 9.59 Å². The lowest BCUT2D eigenvalue weighted by Crippen LogP contribution is -2.31. The van der Waals surface area contributed by atoms with E-state index in [-0.39, 0.29) is 18.2 Å². The monoisotopic (exact) mass is 388 g/mol. The number of amides is 2. The molecule has 0 spiro atoms. The predicted octanol–water partition coefficient (Wildman–Crippen LogP) is 4.45. The summed E-state index contributed by atoms with van der Waals surface area (Å²) < 4.78 is 0.947. The van der Waals surface area contributed by atoms with Crippen molar-refractivity contribution in [2.75, 3.05) is 16.8 Å². The number of anilines is 2. The van der Waals surface area contributed by atoms with Gasteiger partial charge in [-0.25, -0.2) is 0 Å². The van der Waals surface area contributed by atoms with E-state index in [0.717, 1.165) is 27.0 Å². The molecule has 1 N–H and O–H groups in total. The molecular formula is C19H21BrN2O2. The first kappa shape index (κ1) is 18.2. The Balaban J connectivity index is 2.00. The van der Waals surface area contributed by atoms with Gasteiger partial charge in [-0.15, -0.1) is 0 Å². The van der Waals surface area contributed by atoms with Gasteiger partial charge in [0, 0.05) is 35.7 Å². The van der Waals surface area contributed by atoms with Gasteiger partial charge in [0.1, 0.15) is 0 Å². The predicted molar refractivity (Wildman–Crippen MR) is 101 cm³/mol. The maximum Gasteiger partial charge on any atom is 0.226 e. The molecule has 2 amide bonds. The number of nitrogens with one attached hydrogen (secondary N) is 1. The maximum atomic E-state index is 12.2. The number of hydrogen-bond acceptors (Lipinski definition) is 2. The van der Waals surface area contributed by atoms with Crippen LogP contribution in [0.5, 0.6) is 0 Å². The summed E-state index contributed by atoms with van der Waals surface area (Å²) in [6.45, 7) is 5.83. The van der Waals surface area contributed by atoms with Crippen molar-refractivity contribution < 1.29 is 9.59 Å². The van der Waals surface area contributed by atoms with E-state index in [1.807, 2.05) is 50.2 Å². The van der Waals surface area contributed by atoms with Crippen molar-refractivity contribution in [1.82, 2.24) is 0 Å². The summed E-state index contributed by atoms with van der Waals surface area (Å²) in [5.74, 6) is -0.195. The Hall–Kier alpha value is -2.14. The number of benzene rings is 2. The van der Waals surface area contributed by atoms with E-state index < -0.39 is 0 Å². The van der Waals surface area contributed by atoms with Crippen molar-refractivity contribution in [3.8, 4) is 0 Å². The SMILES string of the molecule is CC(=O)N(CCC(=O)Nc1cc(C)cc(C)c1)c1ccc(Br)cc1. The van der Waals surface area contributed by atoms with Gasteiger partial charge >= 0.3 is 0 Å². The zero-order chi connectivity index (χ0) is 17.7. The van der Waals surface area contributed by atoms with Gasteiger partial charge in [0.25, 0.3) is 0 Å². The smallest absolute Gasteiger partial charge is 0.226 e. The fourth-order valence-electron chi connectivity index (χ4n) is 2.57. The quantitative estimate of drug-likeness (QED) is 0.822. The van der Waals surface area contributed by atoms with Crippen molar-refractivity contribution in [2.45, 2.75) is 27.2 Å². The Labute approximate surface area is 151 Å². The molecule has 0 aliphatic carbocycles. The minimum Gasteiger partial charge on any atom is -0.326 e. The third-order valence-electron chi connectivity index (χ3n) is 3.59. The Morgan fingerprint density at radius 3 is 2.17 bits per heavy atom. The second-order valence-corrected chi connectivity index (χ2v) is 6.74. The van der Waals surface area contributed by atoms with Crippen molar-refractivity contribution in [3.63, 3.8) is 0 Å². The second-order valence-electron chi connectivity index (χ2n) is 5.82. The summed E-state index contributed by atoms with van der Waals surface area (Å²) in [7, 11) is 0. The molecule has 0 bridgehead atoms. The Morgan fingerprint density at radius 2 is 1.62 bits per heavy atom. The lowest BCUT2D eigenvalue weighted by atomic mass is 10.1. The van der Waals surface area contributed by atoms with Gasteiger partial charge in [0.15, 0.2) is 0 Å². The lowest BCUT2D eigenvalue weighted by Gasteiger charge is -2.21. The number of carbonyl (C=O) groups is 2. The molecule has 126 valence electrons. The van der Waals surface area contributed by atoms with Gasteiger partial charge in [-0.3, -0.25) is 9.59 Å². The van der Waals surface area contributed by atoms with Crippen molar-refractivity contribution >= 4 is 39.1 Å². The van der Waals surface area contributed by atoms with Crippen LogP contribution >= 0.6 is 15.9 Å². The molecule has 5 heteroatoms. The average molecular weight is 389 g/mol. The fraction of sp³-hybridized carbons (Fsp3) is 0.263. The van der Waals surface area contributed by atoms with E-state index in [2.05, 4.69) is 27.3 Å². The standard InChI is InChI=1S/C19H21BrN2O2/c1-13-10-14(2)12-17(11-13)21-19(24)8-9-22(15(3)23)18-6-4-16(20)5-7-18/h4-7,10-12H,8-9H2,1-3H3,(H,21,24). The van der Waals surface area contributed by atoms with Crippen LogP contribution in [-0.2, 0) is 9.59 Å². The first-order chi connectivity index (χ1) is 11.3. The molecular weight excluding hydrogens is 368 g/mol. The summed E-state index contributed by atoms with van der Waals surface area (Å²) in [5.41, 5.74) is 3.77. The molecule has 0 radical (unpaired) electrons. The van der Waals surface area contributed by atoms with Gasteiger partial charge in [0.2, 0.25) is 11.8 Å². The third-order valence-corrected chi connectivity index (χ3v) is 4.11. The number of nitrogens with zero attached hydrogens (tertiary/aromatic N) is 1. The van der Waals surface area contributed by atoms with E-state index >= 15 is 0 Å². The summed E-state index contributed by atoms with van der Waals surface area (Å²) in [6, 6.07) is 13.4. The van der Waals surface area contributed by atoms with Crippen LogP contribution in [0.25, 0.3) is 0 Å². The van der Waals surface area contributed by atoms with Gasteiger partial charge in [-0.05, 0) is 61.4 Å². The molecule has 0 saturated carbocycles. The van der Waals surface area contributed by atoms with Crippen molar-refractivity contribution in [1.29, 1.82) is 0 Å². The number of hydrogen-bond donors (Lipinski definition) is 1. The Morgan fingerprint density at radius 1 is 1.04 bits per heavy atom. The third kappa shape index (κ3) is 5.20. The number of rotatable bonds is 5. The average Bonchev–Trinajstić information content (AvgIpc) is 2.47. The highest BCUT2D eigenvalue weighted by atomic mass is 79.9. The minimum absolute atomic E-state index is 0.0866. The minimum atomic E-state index is -0.108. The van der Waals surface area contributed by atoms with Crippen LogP contribution in [0.3, 0.4) is 0 Å². The van der Waals surface area contributed by atoms with Crippen LogP contribution in [0.2, 0.25) is 0 Å². The van der Waals surface area contributed by atoms with Gasteiger partial charge < -0.3 is 10.2 Å². The van der Waals surface area contributed by atoms with Gasteiger partial charge in [-0.1, -0.05) is 22.0 Å². The summed E-state index contributed by atoms with van der Waals surface area (Å²) in [6.07, 6.45) is 0.239. The molecule has 0 fully saturated rings. The van der Waals surface area contributed by atoms with Crippen molar-refractivity contribution in [3.05, 3.63) is 58.1 Å². The summed E-state index contributed by atoms with van der Waals surface area (Å²) >= 11 is 3.37. The number of aryl methyl sites for hydroxylation is 2. The first-order valence-electron chi connectivity index (χ1n) is 7.77. The highest BCUT2D eigenvalue weighted by molar-refractivity contribution is 9.10. The Bertz CT molecular complexity index is 721. The molecule has 0 aliphatic heterocycles. The Kier molecular flexibility index (Phi) is 6.15. The van der Waals surface area contributed by atoms with Gasteiger partial charge in [0.05, 0.1) is 0 Å². The van der Waals surface area contributed by atoms with Crippen molar-refractivity contribution in [2.24, 2.45) is 0 Å². The number of carbonyl (C=O) groups excluding carboxylic acids is 2. The lowest BCUT2D eigenvalue weighted by molar-refractivity contribution is -0.117. The zero-order valence-electron chi connectivity index (χ0n) is 14.1. The molecule has 0 saturated heterocycles. The molecule has 0 heterocycles. The first-order valence-corrected chi connectivity index (χ1v) is 8.56. The topological polar surface area (TPSA) is 49.4 Å². The molecule has 2 rings (SSSR count). The zero-order valence-corrected chi connectivity index (χ0v) is 15.7. The van der Waals surface area contributed by atoms with E-state index in [0.29, 0.717) is 6.54 Å². The van der Waals surface area contributed by atoms with Crippen LogP contribution in [0.1, 0.15) is 24.5 Å². The maximum absolute atomic E-state index is 12.2. The fourth-order valence-corrected chi connectivity index (χ4v) is 2.84. The van der Waals surface area contributed by atoms with E-state index in [1.54, 1.807) is 4.90 Å². The highest BCUT2D eigenvalue weighted by Gasteiger charge is 2.13. The van der Waals surface area contributed by atoms with Crippen LogP contribution in [0, 0.1) is 13.8 Å². The molecule has 0 atom stereocenters. The molecule has 0 aromatic heterocycles. The van der Waals surface area contributed by atoms with Crippen LogP contribution < -0.4 is 10.2 Å². The molecule has 2 aromatic carbocycles. The summed E-state index contributed by atoms with van der Waals surface area (Å²) in [4.78, 5) is 25.7. The van der Waals surface area contributed by atoms with Crippen LogP contribution in [0.15, 0.2) is 46.9 Å². The largest absolute Gasteiger partial charge is 0.326 e. The van der Waals surface area contributed by atoms with Gasteiger partial charge in [-0.2, -0.15) is 0 Å². The van der Waals surface area contributed by atoms with Crippen LogP contribution in [-0.4, -0.2) is 18.4 Å². The summed E-state index contributed by atoms with van der Waals surface area (Å²) in [5, 5.41) is 2.89.